The van der Waals surface area contributed by atoms with Gasteiger partial charge in [-0.1, -0.05) is 18.2 Å². The molecule has 0 atom stereocenters. The minimum absolute atomic E-state index is 0.175. The van der Waals surface area contributed by atoms with Crippen LogP contribution in [0.25, 0.3) is 5.69 Å². The SMILES string of the molecule is Cc1ccc(-n2nc(C(=O)NCC3CC3)c(=O)n(Cc3cccc(F)c3)c2=O)cc1C. The topological polar surface area (TPSA) is 86.0 Å². The lowest BCUT2D eigenvalue weighted by Crippen LogP contribution is -2.46. The molecule has 1 saturated carbocycles. The van der Waals surface area contributed by atoms with Gasteiger partial charge in [-0.3, -0.25) is 14.2 Å². The summed E-state index contributed by atoms with van der Waals surface area (Å²) in [5.74, 6) is -0.678. The summed E-state index contributed by atoms with van der Waals surface area (Å²) < 4.78 is 15.6. The Balaban J connectivity index is 1.84. The normalized spacial score (nSPS) is 13.3. The van der Waals surface area contributed by atoms with E-state index in [9.17, 15) is 18.8 Å². The molecule has 0 unspecified atom stereocenters. The van der Waals surface area contributed by atoms with Crippen LogP contribution in [-0.4, -0.2) is 26.8 Å². The fraction of sp³-hybridized carbons (Fsp3) is 0.304. The van der Waals surface area contributed by atoms with E-state index in [4.69, 9.17) is 0 Å². The highest BCUT2D eigenvalue weighted by molar-refractivity contribution is 5.91. The van der Waals surface area contributed by atoms with Gasteiger partial charge in [-0.25, -0.2) is 9.18 Å². The van der Waals surface area contributed by atoms with E-state index >= 15 is 0 Å². The summed E-state index contributed by atoms with van der Waals surface area (Å²) in [5, 5.41) is 6.85. The first-order chi connectivity index (χ1) is 14.8. The van der Waals surface area contributed by atoms with Crippen LogP contribution in [0.2, 0.25) is 0 Å². The van der Waals surface area contributed by atoms with Crippen molar-refractivity contribution in [3.63, 3.8) is 0 Å². The zero-order valence-electron chi connectivity index (χ0n) is 17.4. The molecule has 1 aliphatic carbocycles. The molecule has 160 valence electrons. The first-order valence-corrected chi connectivity index (χ1v) is 10.2. The average Bonchev–Trinajstić information content (AvgIpc) is 3.56. The summed E-state index contributed by atoms with van der Waals surface area (Å²) in [6, 6.07) is 11.0. The number of carbonyl (C=O) groups excluding carboxylic acids is 1. The number of carbonyl (C=O) groups is 1. The number of aryl methyl sites for hydroxylation is 2. The van der Waals surface area contributed by atoms with Crippen molar-refractivity contribution in [1.29, 1.82) is 0 Å². The van der Waals surface area contributed by atoms with Gasteiger partial charge in [0.25, 0.3) is 11.5 Å². The monoisotopic (exact) mass is 422 g/mol. The van der Waals surface area contributed by atoms with E-state index in [0.29, 0.717) is 23.7 Å². The van der Waals surface area contributed by atoms with Gasteiger partial charge in [0.15, 0.2) is 0 Å². The summed E-state index contributed by atoms with van der Waals surface area (Å²) in [6.07, 6.45) is 2.08. The third kappa shape index (κ3) is 4.47. The lowest BCUT2D eigenvalue weighted by molar-refractivity contribution is 0.0942. The van der Waals surface area contributed by atoms with Gasteiger partial charge in [-0.05, 0) is 73.6 Å². The minimum Gasteiger partial charge on any atom is -0.350 e. The number of hydrogen-bond donors (Lipinski definition) is 1. The van der Waals surface area contributed by atoms with Gasteiger partial charge in [0.05, 0.1) is 12.2 Å². The zero-order chi connectivity index (χ0) is 22.1. The zero-order valence-corrected chi connectivity index (χ0v) is 17.4. The van der Waals surface area contributed by atoms with Gasteiger partial charge < -0.3 is 5.32 Å². The molecule has 0 radical (unpaired) electrons. The van der Waals surface area contributed by atoms with Crippen LogP contribution in [0.15, 0.2) is 52.1 Å². The first-order valence-electron chi connectivity index (χ1n) is 10.2. The van der Waals surface area contributed by atoms with Crippen LogP contribution in [0.4, 0.5) is 4.39 Å². The fourth-order valence-electron chi connectivity index (χ4n) is 3.28. The van der Waals surface area contributed by atoms with Crippen LogP contribution in [0.1, 0.15) is 40.0 Å². The third-order valence-electron chi connectivity index (χ3n) is 5.49. The van der Waals surface area contributed by atoms with Gasteiger partial charge in [0.1, 0.15) is 5.82 Å². The molecule has 0 spiro atoms. The van der Waals surface area contributed by atoms with E-state index in [0.717, 1.165) is 33.2 Å². The minimum atomic E-state index is -0.803. The molecule has 7 nitrogen and oxygen atoms in total. The maximum Gasteiger partial charge on any atom is 0.352 e. The second kappa shape index (κ2) is 8.29. The lowest BCUT2D eigenvalue weighted by atomic mass is 10.1. The largest absolute Gasteiger partial charge is 0.352 e. The van der Waals surface area contributed by atoms with Gasteiger partial charge >= 0.3 is 5.69 Å². The van der Waals surface area contributed by atoms with E-state index in [1.54, 1.807) is 18.2 Å². The van der Waals surface area contributed by atoms with Gasteiger partial charge in [0, 0.05) is 6.54 Å². The third-order valence-corrected chi connectivity index (χ3v) is 5.49. The van der Waals surface area contributed by atoms with Gasteiger partial charge in [0.2, 0.25) is 5.69 Å². The van der Waals surface area contributed by atoms with Crippen molar-refractivity contribution in [1.82, 2.24) is 19.7 Å². The number of benzene rings is 2. The van der Waals surface area contributed by atoms with Crippen LogP contribution in [0.3, 0.4) is 0 Å². The van der Waals surface area contributed by atoms with E-state index in [1.165, 1.54) is 18.2 Å². The average molecular weight is 422 g/mol. The lowest BCUT2D eigenvalue weighted by Gasteiger charge is -2.13. The van der Waals surface area contributed by atoms with Gasteiger partial charge in [-0.15, -0.1) is 0 Å². The first kappa shape index (κ1) is 20.7. The Morgan fingerprint density at radius 2 is 1.90 bits per heavy atom. The van der Waals surface area contributed by atoms with E-state index < -0.39 is 23.0 Å². The summed E-state index contributed by atoms with van der Waals surface area (Å²) >= 11 is 0. The van der Waals surface area contributed by atoms with Crippen LogP contribution < -0.4 is 16.6 Å². The van der Waals surface area contributed by atoms with E-state index in [2.05, 4.69) is 10.4 Å². The Hall–Kier alpha value is -3.55. The van der Waals surface area contributed by atoms with Crippen molar-refractivity contribution >= 4 is 5.91 Å². The molecule has 31 heavy (non-hydrogen) atoms. The molecule has 8 heteroatoms. The number of aromatic nitrogens is 3. The van der Waals surface area contributed by atoms with Crippen molar-refractivity contribution in [2.45, 2.75) is 33.2 Å². The quantitative estimate of drug-likeness (QED) is 0.661. The Labute approximate surface area is 178 Å². The Morgan fingerprint density at radius 3 is 2.58 bits per heavy atom. The van der Waals surface area contributed by atoms with Crippen LogP contribution in [-0.2, 0) is 6.54 Å². The molecule has 4 rings (SSSR count). The number of nitrogens with zero attached hydrogens (tertiary/aromatic N) is 3. The summed E-state index contributed by atoms with van der Waals surface area (Å²) in [6.45, 7) is 4.13. The molecular weight excluding hydrogens is 399 g/mol. The highest BCUT2D eigenvalue weighted by atomic mass is 19.1. The molecule has 2 aromatic carbocycles. The smallest absolute Gasteiger partial charge is 0.350 e. The summed E-state index contributed by atoms with van der Waals surface area (Å²) in [5.41, 5.74) is 0.980. The molecule has 3 aromatic rings. The molecule has 1 amide bonds. The Bertz CT molecular complexity index is 1270. The molecule has 1 aromatic heterocycles. The molecule has 1 N–H and O–H groups in total. The highest BCUT2D eigenvalue weighted by Crippen LogP contribution is 2.27. The predicted octanol–water partition coefficient (Wildman–Crippen LogP) is 2.34. The summed E-state index contributed by atoms with van der Waals surface area (Å²) in [4.78, 5) is 38.9. The molecule has 0 bridgehead atoms. The molecular formula is C23H23FN4O3. The standard InChI is InChI=1S/C23H23FN4O3/c1-14-6-9-19(10-15(14)2)28-23(31)27(13-17-4-3-5-18(24)11-17)22(30)20(26-28)21(29)25-12-16-7-8-16/h3-6,9-11,16H,7-8,12-13H2,1-2H3,(H,25,29). The highest BCUT2D eigenvalue weighted by Gasteiger charge is 2.25. The van der Waals surface area contributed by atoms with Gasteiger partial charge in [-0.2, -0.15) is 9.78 Å². The summed E-state index contributed by atoms with van der Waals surface area (Å²) in [7, 11) is 0. The van der Waals surface area contributed by atoms with Crippen LogP contribution in [0, 0.1) is 25.6 Å². The number of amides is 1. The van der Waals surface area contributed by atoms with Crippen LogP contribution >= 0.6 is 0 Å². The maximum absolute atomic E-state index is 13.6. The van der Waals surface area contributed by atoms with Crippen LogP contribution in [0.5, 0.6) is 0 Å². The van der Waals surface area contributed by atoms with Crippen molar-refractivity contribution in [2.24, 2.45) is 5.92 Å². The fourth-order valence-corrected chi connectivity index (χ4v) is 3.28. The Morgan fingerprint density at radius 1 is 1.13 bits per heavy atom. The molecule has 1 aliphatic rings. The number of rotatable bonds is 6. The number of hydrogen-bond acceptors (Lipinski definition) is 4. The molecule has 1 heterocycles. The second-order valence-corrected chi connectivity index (χ2v) is 7.99. The molecule has 0 aliphatic heterocycles. The Kier molecular flexibility index (Phi) is 5.54. The van der Waals surface area contributed by atoms with Crippen molar-refractivity contribution in [3.05, 3.63) is 91.5 Å². The predicted molar refractivity (Wildman–Crippen MR) is 114 cm³/mol. The number of halogens is 1. The van der Waals surface area contributed by atoms with Crippen molar-refractivity contribution < 1.29 is 9.18 Å². The molecule has 0 saturated heterocycles. The van der Waals surface area contributed by atoms with E-state index in [-0.39, 0.29) is 12.2 Å². The van der Waals surface area contributed by atoms with E-state index in [1.807, 2.05) is 19.9 Å². The number of nitrogens with one attached hydrogen (secondary N) is 1. The maximum atomic E-state index is 13.6. The second-order valence-electron chi connectivity index (χ2n) is 7.99. The molecule has 1 fully saturated rings. The van der Waals surface area contributed by atoms with Crippen molar-refractivity contribution in [2.75, 3.05) is 6.54 Å². The van der Waals surface area contributed by atoms with Crippen molar-refractivity contribution in [3.8, 4) is 5.69 Å².